The molecule has 10 rings (SSSR count). The maximum Gasteiger partial charge on any atom is 0.256 e. The van der Waals surface area contributed by atoms with Gasteiger partial charge in [-0.05, 0) is 103 Å². The summed E-state index contributed by atoms with van der Waals surface area (Å²) < 4.78 is 30.2. The number of amides is 1. The Kier molecular flexibility index (Phi) is 11.3. The lowest BCUT2D eigenvalue weighted by molar-refractivity contribution is 0.0607. The lowest BCUT2D eigenvalue weighted by Crippen LogP contribution is -2.45. The molecule has 3 aliphatic heterocycles. The first-order chi connectivity index (χ1) is 28.4. The minimum Gasteiger partial charge on any atom is -0.354 e. The number of fused-ring (bicyclic) bond motifs is 2. The molecule has 2 saturated carbocycles. The average molecular weight is 863 g/mol. The van der Waals surface area contributed by atoms with Gasteiger partial charge in [0.2, 0.25) is 10.0 Å². The van der Waals surface area contributed by atoms with E-state index in [9.17, 15) is 13.2 Å². The van der Waals surface area contributed by atoms with Crippen molar-refractivity contribution in [2.75, 3.05) is 69.2 Å². The number of nitrogens with zero attached hydrogens (tertiary/aromatic N) is 10. The van der Waals surface area contributed by atoms with Gasteiger partial charge in [-0.3, -0.25) is 14.4 Å². The summed E-state index contributed by atoms with van der Waals surface area (Å²) in [6.07, 6.45) is 12.2. The summed E-state index contributed by atoms with van der Waals surface area (Å²) >= 11 is 12.6. The van der Waals surface area contributed by atoms with Crippen LogP contribution in [0.3, 0.4) is 0 Å². The molecule has 5 aliphatic rings. The highest BCUT2D eigenvalue weighted by atomic mass is 35.5. The molecular weight excluding hydrogens is 810 g/mol. The van der Waals surface area contributed by atoms with Gasteiger partial charge >= 0.3 is 0 Å². The van der Waals surface area contributed by atoms with Crippen molar-refractivity contribution in [2.24, 2.45) is 0 Å². The highest BCUT2D eigenvalue weighted by Gasteiger charge is 2.34. The molecule has 314 valence electrons. The second kappa shape index (κ2) is 16.4. The lowest BCUT2D eigenvalue weighted by Gasteiger charge is -2.35. The van der Waals surface area contributed by atoms with Crippen LogP contribution in [0.25, 0.3) is 11.3 Å². The first-order valence-corrected chi connectivity index (χ1v) is 23.7. The molecule has 4 aromatic heterocycles. The van der Waals surface area contributed by atoms with Crippen molar-refractivity contribution in [3.63, 3.8) is 0 Å². The highest BCUT2D eigenvalue weighted by molar-refractivity contribution is 7.92. The van der Waals surface area contributed by atoms with Crippen molar-refractivity contribution in [2.45, 2.75) is 88.1 Å². The van der Waals surface area contributed by atoms with E-state index in [1.54, 1.807) is 10.6 Å². The summed E-state index contributed by atoms with van der Waals surface area (Å²) in [7, 11) is 0.744. The minimum absolute atomic E-state index is 0.222. The third-order valence-corrected chi connectivity index (χ3v) is 13.5. The van der Waals surface area contributed by atoms with Crippen LogP contribution in [0.1, 0.15) is 121 Å². The molecule has 7 heterocycles. The van der Waals surface area contributed by atoms with E-state index in [2.05, 4.69) is 50.7 Å². The zero-order valence-electron chi connectivity index (χ0n) is 34.0. The lowest BCUT2D eigenvalue weighted by atomic mass is 9.98. The number of aromatic nitrogens is 6. The van der Waals surface area contributed by atoms with Crippen LogP contribution in [-0.4, -0.2) is 118 Å². The third kappa shape index (κ3) is 8.90. The molecular formula is C42H53Cl2N11O3S. The maximum absolute atomic E-state index is 13.9. The van der Waals surface area contributed by atoms with Gasteiger partial charge < -0.3 is 14.7 Å². The molecule has 5 aromatic rings. The molecule has 5 fully saturated rings. The van der Waals surface area contributed by atoms with Crippen LogP contribution < -0.4 is 9.62 Å². The van der Waals surface area contributed by atoms with E-state index in [-0.39, 0.29) is 23.2 Å². The molecule has 0 bridgehead atoms. The number of hydrogen-bond acceptors (Lipinski definition) is 10. The number of carbonyl (C=O) groups excluding carboxylic acids is 1. The van der Waals surface area contributed by atoms with Crippen molar-refractivity contribution in [3.8, 4) is 0 Å². The molecule has 2 atom stereocenters. The summed E-state index contributed by atoms with van der Waals surface area (Å²) in [5, 5.41) is 10.8. The molecule has 1 aromatic carbocycles. The Balaban J connectivity index is 0.000000187. The standard InChI is InChI=1S/C27H34ClN7O3S.C15H19ClN4/c1-32-11-13-33(14-12-32)26-17-22(18-6-7-18)29-25-16-23(30-35(25)26)24-5-3-4-10-34(24)27(36)20-15-19(28)8-9-21(20)31-39(2,37)38;1-19-7-3-2-4-13(19)12-9-15-17-11(10-5-6-10)8-14(16)20(15)18-12/h8-9,15-18,24,31H,3-7,10-14H2,1-2H3;8-10,13H,2-7H2,1H3/t24-;13-/m00/s1. The Hall–Kier alpha value is -4.02. The zero-order valence-corrected chi connectivity index (χ0v) is 36.4. The number of anilines is 2. The second-order valence-electron chi connectivity index (χ2n) is 17.1. The van der Waals surface area contributed by atoms with Gasteiger partial charge in [-0.25, -0.2) is 22.9 Å². The van der Waals surface area contributed by atoms with Gasteiger partial charge in [-0.1, -0.05) is 29.6 Å². The Morgan fingerprint density at radius 1 is 0.695 bits per heavy atom. The zero-order chi connectivity index (χ0) is 41.0. The summed E-state index contributed by atoms with van der Waals surface area (Å²) in [5.41, 5.74) is 6.32. The highest BCUT2D eigenvalue weighted by Crippen LogP contribution is 2.42. The Bertz CT molecular complexity index is 2480. The number of likely N-dealkylation sites (tertiary alicyclic amines) is 2. The van der Waals surface area contributed by atoms with Gasteiger partial charge in [0.05, 0.1) is 41.0 Å². The third-order valence-electron chi connectivity index (χ3n) is 12.4. The average Bonchev–Trinajstić information content (AvgIpc) is 4.16. The number of nitrogens with one attached hydrogen (secondary N) is 1. The predicted molar refractivity (Wildman–Crippen MR) is 231 cm³/mol. The van der Waals surface area contributed by atoms with Gasteiger partial charge in [-0.2, -0.15) is 14.7 Å². The SMILES string of the molecule is CN1CCCC[C@H]1c1cc2nc(C3CC3)cc(Cl)n2n1.CN1CCN(c2cc(C3CC3)nc3cc([C@@H]4CCCCN4C(=O)c4cc(Cl)ccc4NS(C)(=O)=O)nn23)CC1. The normalized spacial score (nSPS) is 22.1. The van der Waals surface area contributed by atoms with Crippen LogP contribution >= 0.6 is 23.2 Å². The smallest absolute Gasteiger partial charge is 0.256 e. The largest absolute Gasteiger partial charge is 0.354 e. The van der Waals surface area contributed by atoms with E-state index >= 15 is 0 Å². The van der Waals surface area contributed by atoms with Crippen molar-refractivity contribution in [1.82, 2.24) is 43.9 Å². The number of benzene rings is 1. The first-order valence-electron chi connectivity index (χ1n) is 21.1. The molecule has 0 spiro atoms. The van der Waals surface area contributed by atoms with E-state index < -0.39 is 10.0 Å². The van der Waals surface area contributed by atoms with Crippen LogP contribution in [0, 0.1) is 0 Å². The van der Waals surface area contributed by atoms with E-state index in [4.69, 9.17) is 38.3 Å². The molecule has 3 saturated heterocycles. The summed E-state index contributed by atoms with van der Waals surface area (Å²) in [6, 6.07) is 13.1. The first kappa shape index (κ1) is 40.4. The molecule has 0 radical (unpaired) electrons. The molecule has 17 heteroatoms. The molecule has 14 nitrogen and oxygen atoms in total. The van der Waals surface area contributed by atoms with Crippen molar-refractivity contribution >= 4 is 61.9 Å². The van der Waals surface area contributed by atoms with Gasteiger partial charge in [-0.15, -0.1) is 0 Å². The number of piperidine rings is 2. The van der Waals surface area contributed by atoms with Gasteiger partial charge in [0.15, 0.2) is 11.3 Å². The number of rotatable bonds is 8. The van der Waals surface area contributed by atoms with Gasteiger partial charge in [0.1, 0.15) is 11.0 Å². The molecule has 1 N–H and O–H groups in total. The fourth-order valence-corrected chi connectivity index (χ4v) is 9.79. The summed E-state index contributed by atoms with van der Waals surface area (Å²) in [6.45, 7) is 5.53. The molecule has 2 aliphatic carbocycles. The fourth-order valence-electron chi connectivity index (χ4n) is 8.80. The minimum atomic E-state index is -3.58. The predicted octanol–water partition coefficient (Wildman–Crippen LogP) is 7.17. The molecule has 59 heavy (non-hydrogen) atoms. The van der Waals surface area contributed by atoms with Gasteiger partial charge in [0, 0.05) is 79.2 Å². The Morgan fingerprint density at radius 2 is 1.31 bits per heavy atom. The molecule has 0 unspecified atom stereocenters. The number of piperazine rings is 1. The van der Waals surface area contributed by atoms with Crippen molar-refractivity contribution in [1.29, 1.82) is 0 Å². The number of likely N-dealkylation sites (N-methyl/N-ethyl adjacent to an activating group) is 1. The summed E-state index contributed by atoms with van der Waals surface area (Å²) in [5.74, 6) is 1.92. The van der Waals surface area contributed by atoms with Crippen molar-refractivity contribution in [3.05, 3.63) is 81.0 Å². The Morgan fingerprint density at radius 3 is 1.97 bits per heavy atom. The second-order valence-corrected chi connectivity index (χ2v) is 19.7. The van der Waals surface area contributed by atoms with E-state index in [0.29, 0.717) is 34.6 Å². The number of halogens is 2. The monoisotopic (exact) mass is 861 g/mol. The quantitative estimate of drug-likeness (QED) is 0.160. The number of hydrogen-bond donors (Lipinski definition) is 1. The van der Waals surface area contributed by atoms with Crippen LogP contribution in [0.15, 0.2) is 42.5 Å². The number of sulfonamides is 1. The van der Waals surface area contributed by atoms with Crippen LogP contribution in [-0.2, 0) is 10.0 Å². The topological polar surface area (TPSA) is 137 Å². The van der Waals surface area contributed by atoms with E-state index in [1.165, 1.54) is 57.1 Å². The number of carbonyl (C=O) groups is 1. The van der Waals surface area contributed by atoms with Crippen molar-refractivity contribution < 1.29 is 13.2 Å². The van der Waals surface area contributed by atoms with E-state index in [0.717, 1.165) is 98.1 Å². The Labute approximate surface area is 355 Å². The van der Waals surface area contributed by atoms with Crippen LogP contribution in [0.2, 0.25) is 10.2 Å². The maximum atomic E-state index is 13.9. The summed E-state index contributed by atoms with van der Waals surface area (Å²) in [4.78, 5) is 32.6. The van der Waals surface area contributed by atoms with E-state index in [1.807, 2.05) is 21.5 Å². The van der Waals surface area contributed by atoms with Crippen LogP contribution in [0.4, 0.5) is 11.5 Å². The van der Waals surface area contributed by atoms with Gasteiger partial charge in [0.25, 0.3) is 5.91 Å². The van der Waals surface area contributed by atoms with Crippen LogP contribution in [0.5, 0.6) is 0 Å². The fraction of sp³-hybridized carbons (Fsp3) is 0.548. The molecule has 1 amide bonds.